The van der Waals surface area contributed by atoms with Crippen LogP contribution in [0, 0.1) is 0 Å². The summed E-state index contributed by atoms with van der Waals surface area (Å²) in [5, 5.41) is 0. The zero-order chi connectivity index (χ0) is 9.35. The fourth-order valence-corrected chi connectivity index (χ4v) is 0.700. The summed E-state index contributed by atoms with van der Waals surface area (Å²) in [6, 6.07) is 1.01. The molecular weight excluding hydrogens is 173 g/mol. The van der Waals surface area contributed by atoms with Gasteiger partial charge < -0.3 is 5.73 Å². The van der Waals surface area contributed by atoms with Gasteiger partial charge in [0, 0.05) is 12.4 Å². The number of nitrogens with zero attached hydrogens (tertiary/aromatic N) is 1. The lowest BCUT2D eigenvalue weighted by molar-refractivity contribution is -0.203. The zero-order valence-electron chi connectivity index (χ0n) is 5.80. The van der Waals surface area contributed by atoms with Gasteiger partial charge in [0.05, 0.1) is 5.56 Å². The van der Waals surface area contributed by atoms with Gasteiger partial charge in [-0.3, -0.25) is 9.36 Å². The Morgan fingerprint density at radius 1 is 1.50 bits per heavy atom. The average Bonchev–Trinajstić information content (AvgIpc) is 2.30. The van der Waals surface area contributed by atoms with Crippen molar-refractivity contribution in [1.29, 1.82) is 0 Å². The van der Waals surface area contributed by atoms with E-state index in [0.717, 1.165) is 12.3 Å². The SMILES string of the molecule is NC(=O)c1ccn(C(F)(F)F)c1. The molecule has 0 fully saturated rings. The van der Waals surface area contributed by atoms with Crippen molar-refractivity contribution in [3.05, 3.63) is 24.0 Å². The minimum Gasteiger partial charge on any atom is -0.366 e. The first-order valence-electron chi connectivity index (χ1n) is 2.96. The van der Waals surface area contributed by atoms with Crippen LogP contribution in [0.25, 0.3) is 0 Å². The van der Waals surface area contributed by atoms with Crippen molar-refractivity contribution in [1.82, 2.24) is 4.57 Å². The van der Waals surface area contributed by atoms with E-state index in [1.165, 1.54) is 0 Å². The van der Waals surface area contributed by atoms with Crippen LogP contribution in [0.2, 0.25) is 0 Å². The smallest absolute Gasteiger partial charge is 0.366 e. The highest BCUT2D eigenvalue weighted by Crippen LogP contribution is 2.22. The summed E-state index contributed by atoms with van der Waals surface area (Å²) in [5.41, 5.74) is 4.59. The van der Waals surface area contributed by atoms with E-state index in [1.807, 2.05) is 0 Å². The molecule has 2 N–H and O–H groups in total. The van der Waals surface area contributed by atoms with Crippen molar-refractivity contribution >= 4 is 5.91 Å². The third-order valence-corrected chi connectivity index (χ3v) is 1.27. The largest absolute Gasteiger partial charge is 0.488 e. The maximum absolute atomic E-state index is 11.9. The van der Waals surface area contributed by atoms with Gasteiger partial charge in [0.15, 0.2) is 0 Å². The fraction of sp³-hybridized carbons (Fsp3) is 0.167. The molecule has 0 aromatic carbocycles. The summed E-state index contributed by atoms with van der Waals surface area (Å²) >= 11 is 0. The van der Waals surface area contributed by atoms with Gasteiger partial charge >= 0.3 is 6.30 Å². The van der Waals surface area contributed by atoms with Crippen LogP contribution in [-0.2, 0) is 6.30 Å². The molecule has 0 saturated carbocycles. The number of hydrogen-bond acceptors (Lipinski definition) is 1. The van der Waals surface area contributed by atoms with Crippen LogP contribution in [0.4, 0.5) is 13.2 Å². The topological polar surface area (TPSA) is 48.0 Å². The molecule has 6 heteroatoms. The molecule has 0 radical (unpaired) electrons. The van der Waals surface area contributed by atoms with Crippen molar-refractivity contribution in [3.63, 3.8) is 0 Å². The highest BCUT2D eigenvalue weighted by Gasteiger charge is 2.30. The standard InChI is InChI=1S/C6H5F3N2O/c7-6(8,9)11-2-1-4(3-11)5(10)12/h1-3H,(H2,10,12). The van der Waals surface area contributed by atoms with Gasteiger partial charge in [-0.2, -0.15) is 0 Å². The van der Waals surface area contributed by atoms with Crippen molar-refractivity contribution in [2.24, 2.45) is 5.73 Å². The summed E-state index contributed by atoms with van der Waals surface area (Å²) in [4.78, 5) is 10.4. The normalized spacial score (nSPS) is 11.6. The molecule has 1 aromatic heterocycles. The maximum Gasteiger partial charge on any atom is 0.488 e. The lowest BCUT2D eigenvalue weighted by Gasteiger charge is -2.05. The van der Waals surface area contributed by atoms with Crippen LogP contribution in [0.15, 0.2) is 18.5 Å². The summed E-state index contributed by atoms with van der Waals surface area (Å²) in [6.07, 6.45) is -3.11. The number of carbonyl (C=O) groups excluding carboxylic acids is 1. The second-order valence-electron chi connectivity index (χ2n) is 2.14. The van der Waals surface area contributed by atoms with E-state index in [1.54, 1.807) is 0 Å². The Bertz CT molecular complexity index is 302. The van der Waals surface area contributed by atoms with E-state index in [2.05, 4.69) is 0 Å². The number of carbonyl (C=O) groups is 1. The van der Waals surface area contributed by atoms with Crippen LogP contribution in [-0.4, -0.2) is 10.5 Å². The second kappa shape index (κ2) is 2.54. The number of halogens is 3. The monoisotopic (exact) mass is 178 g/mol. The van der Waals surface area contributed by atoms with Crippen LogP contribution < -0.4 is 5.73 Å². The minimum absolute atomic E-state index is 0.0346. The molecule has 0 saturated heterocycles. The Morgan fingerprint density at radius 3 is 2.33 bits per heavy atom. The lowest BCUT2D eigenvalue weighted by Crippen LogP contribution is -2.15. The van der Waals surface area contributed by atoms with E-state index in [9.17, 15) is 18.0 Å². The number of aromatic nitrogens is 1. The summed E-state index contributed by atoms with van der Waals surface area (Å²) in [7, 11) is 0. The first kappa shape index (κ1) is 8.63. The van der Waals surface area contributed by atoms with E-state index >= 15 is 0 Å². The fourth-order valence-electron chi connectivity index (χ4n) is 0.700. The quantitative estimate of drug-likeness (QED) is 0.686. The lowest BCUT2D eigenvalue weighted by atomic mass is 10.3. The molecule has 1 heterocycles. The first-order valence-corrected chi connectivity index (χ1v) is 2.96. The molecule has 0 bridgehead atoms. The van der Waals surface area contributed by atoms with Crippen molar-refractivity contribution in [2.45, 2.75) is 6.30 Å². The van der Waals surface area contributed by atoms with E-state index in [0.29, 0.717) is 6.20 Å². The van der Waals surface area contributed by atoms with Crippen LogP contribution in [0.3, 0.4) is 0 Å². The minimum atomic E-state index is -4.49. The van der Waals surface area contributed by atoms with Gasteiger partial charge in [-0.05, 0) is 6.07 Å². The molecule has 3 nitrogen and oxygen atoms in total. The predicted molar refractivity (Wildman–Crippen MR) is 34.2 cm³/mol. The molecule has 66 valence electrons. The average molecular weight is 178 g/mol. The molecule has 0 aliphatic heterocycles. The molecular formula is C6H5F3N2O. The molecule has 1 rings (SSSR count). The molecule has 0 spiro atoms. The highest BCUT2D eigenvalue weighted by molar-refractivity contribution is 5.92. The van der Waals surface area contributed by atoms with Crippen molar-refractivity contribution < 1.29 is 18.0 Å². The second-order valence-corrected chi connectivity index (χ2v) is 2.14. The van der Waals surface area contributed by atoms with Crippen molar-refractivity contribution in [2.75, 3.05) is 0 Å². The van der Waals surface area contributed by atoms with Crippen LogP contribution in [0.1, 0.15) is 10.4 Å². The number of amides is 1. The van der Waals surface area contributed by atoms with Gasteiger partial charge in [0.1, 0.15) is 0 Å². The van der Waals surface area contributed by atoms with Gasteiger partial charge in [0.2, 0.25) is 5.91 Å². The molecule has 0 aliphatic rings. The zero-order valence-corrected chi connectivity index (χ0v) is 5.80. The number of rotatable bonds is 1. The van der Waals surface area contributed by atoms with E-state index in [-0.39, 0.29) is 10.1 Å². The third-order valence-electron chi connectivity index (χ3n) is 1.27. The maximum atomic E-state index is 11.9. The van der Waals surface area contributed by atoms with Gasteiger partial charge in [-0.1, -0.05) is 0 Å². The Balaban J connectivity index is 3.00. The van der Waals surface area contributed by atoms with Crippen molar-refractivity contribution in [3.8, 4) is 0 Å². The van der Waals surface area contributed by atoms with Gasteiger partial charge in [0.25, 0.3) is 0 Å². The van der Waals surface area contributed by atoms with Crippen LogP contribution in [0.5, 0.6) is 0 Å². The molecule has 0 atom stereocenters. The predicted octanol–water partition coefficient (Wildman–Crippen LogP) is 1.06. The summed E-state index contributed by atoms with van der Waals surface area (Å²) < 4.78 is 35.6. The van der Waals surface area contributed by atoms with Crippen LogP contribution >= 0.6 is 0 Å². The number of hydrogen-bond donors (Lipinski definition) is 1. The molecule has 1 aromatic rings. The summed E-state index contributed by atoms with van der Waals surface area (Å²) in [6.45, 7) is 0. The molecule has 1 amide bonds. The van der Waals surface area contributed by atoms with Gasteiger partial charge in [-0.15, -0.1) is 13.2 Å². The molecule has 0 aliphatic carbocycles. The Labute approximate surface area is 65.6 Å². The number of primary amides is 1. The van der Waals surface area contributed by atoms with Gasteiger partial charge in [-0.25, -0.2) is 0 Å². The Kier molecular flexibility index (Phi) is 1.83. The first-order chi connectivity index (χ1) is 5.41. The van der Waals surface area contributed by atoms with E-state index < -0.39 is 12.2 Å². The Morgan fingerprint density at radius 2 is 2.08 bits per heavy atom. The Hall–Kier alpha value is -1.46. The number of nitrogens with two attached hydrogens (primary N) is 1. The summed E-state index contributed by atoms with van der Waals surface area (Å²) in [5.74, 6) is -0.877. The highest BCUT2D eigenvalue weighted by atomic mass is 19.4. The molecule has 0 unspecified atom stereocenters. The number of alkyl halides is 3. The van der Waals surface area contributed by atoms with E-state index in [4.69, 9.17) is 5.73 Å². The molecule has 12 heavy (non-hydrogen) atoms. The third kappa shape index (κ3) is 1.58.